The lowest BCUT2D eigenvalue weighted by atomic mass is 10.1. The van der Waals surface area contributed by atoms with Crippen molar-refractivity contribution in [3.63, 3.8) is 0 Å². The van der Waals surface area contributed by atoms with Crippen LogP contribution >= 0.6 is 11.6 Å². The molecule has 7 nitrogen and oxygen atoms in total. The average molecular weight is 549 g/mol. The minimum absolute atomic E-state index is 0.148. The Morgan fingerprint density at radius 2 is 1.71 bits per heavy atom. The Kier molecular flexibility index (Phi) is 7.13. The minimum Gasteiger partial charge on any atom is -0.302 e. The van der Waals surface area contributed by atoms with Gasteiger partial charge in [-0.05, 0) is 55.8 Å². The van der Waals surface area contributed by atoms with E-state index in [4.69, 9.17) is 16.7 Å². The highest BCUT2D eigenvalue weighted by atomic mass is 35.5. The summed E-state index contributed by atoms with van der Waals surface area (Å²) < 4.78 is 30.5. The van der Waals surface area contributed by atoms with Gasteiger partial charge < -0.3 is 4.90 Å². The molecule has 3 aromatic carbocycles. The molecule has 0 unspecified atom stereocenters. The summed E-state index contributed by atoms with van der Waals surface area (Å²) in [6.45, 7) is 4.42. The Morgan fingerprint density at radius 1 is 1.00 bits per heavy atom. The van der Waals surface area contributed by atoms with E-state index in [2.05, 4.69) is 0 Å². The van der Waals surface area contributed by atoms with Crippen LogP contribution in [0, 0.1) is 13.8 Å². The van der Waals surface area contributed by atoms with Gasteiger partial charge in [-0.2, -0.15) is 9.40 Å². The number of carbonyl (C=O) groups is 1. The Balaban J connectivity index is 1.50. The predicted octanol–water partition coefficient (Wildman–Crippen LogP) is 5.28. The molecule has 0 atom stereocenters. The van der Waals surface area contributed by atoms with E-state index in [1.807, 2.05) is 68.6 Å². The molecule has 1 aliphatic rings. The number of para-hydroxylation sites is 1. The van der Waals surface area contributed by atoms with E-state index in [1.165, 1.54) is 4.31 Å². The number of aryl methyl sites for hydroxylation is 2. The lowest BCUT2D eigenvalue weighted by Crippen LogP contribution is -2.37. The van der Waals surface area contributed by atoms with Crippen molar-refractivity contribution in [2.24, 2.45) is 7.05 Å². The van der Waals surface area contributed by atoms with Gasteiger partial charge in [-0.25, -0.2) is 8.42 Å². The molecule has 196 valence electrons. The molecule has 0 fully saturated rings. The van der Waals surface area contributed by atoms with Crippen molar-refractivity contribution in [1.29, 1.82) is 0 Å². The van der Waals surface area contributed by atoms with E-state index in [9.17, 15) is 13.2 Å². The van der Waals surface area contributed by atoms with E-state index < -0.39 is 10.0 Å². The molecular weight excluding hydrogens is 520 g/mol. The largest absolute Gasteiger partial charge is 0.302 e. The number of anilines is 1. The highest BCUT2D eigenvalue weighted by Crippen LogP contribution is 2.31. The monoisotopic (exact) mass is 548 g/mol. The second-order valence-corrected chi connectivity index (χ2v) is 11.9. The van der Waals surface area contributed by atoms with E-state index in [0.717, 1.165) is 22.5 Å². The van der Waals surface area contributed by atoms with Gasteiger partial charge in [0.1, 0.15) is 0 Å². The van der Waals surface area contributed by atoms with Crippen LogP contribution in [-0.2, 0) is 36.6 Å². The lowest BCUT2D eigenvalue weighted by Gasteiger charge is -2.28. The van der Waals surface area contributed by atoms with Crippen molar-refractivity contribution >= 4 is 33.2 Å². The molecule has 0 aliphatic carbocycles. The third-order valence-corrected chi connectivity index (χ3v) is 9.44. The summed E-state index contributed by atoms with van der Waals surface area (Å²) in [4.78, 5) is 15.6. The first-order chi connectivity index (χ1) is 18.2. The molecule has 2 heterocycles. The van der Waals surface area contributed by atoms with Gasteiger partial charge in [-0.15, -0.1) is 0 Å². The molecule has 0 spiro atoms. The highest BCUT2D eigenvalue weighted by molar-refractivity contribution is 7.89. The molecular formula is C29H29ClN4O3S. The van der Waals surface area contributed by atoms with Crippen molar-refractivity contribution in [3.05, 3.63) is 111 Å². The quantitative estimate of drug-likeness (QED) is 0.328. The van der Waals surface area contributed by atoms with Crippen molar-refractivity contribution in [2.75, 3.05) is 11.4 Å². The summed E-state index contributed by atoms with van der Waals surface area (Å²) in [5, 5.41) is 5.16. The number of fused-ring (bicyclic) bond motifs is 1. The van der Waals surface area contributed by atoms with Crippen LogP contribution in [0.3, 0.4) is 0 Å². The molecule has 1 aliphatic heterocycles. The van der Waals surface area contributed by atoms with Crippen LogP contribution in [0.2, 0.25) is 5.02 Å². The SMILES string of the molecule is Cc1ccc(C(=O)N(Cc2nn(C)c3c2CN(S(=O)(=O)c2cccc(Cl)c2C)CC3)c2ccccc2)cc1. The van der Waals surface area contributed by atoms with E-state index in [1.54, 1.807) is 34.7 Å². The van der Waals surface area contributed by atoms with E-state index in [-0.39, 0.29) is 23.9 Å². The fraction of sp³-hybridized carbons (Fsp3) is 0.241. The molecule has 38 heavy (non-hydrogen) atoms. The zero-order valence-corrected chi connectivity index (χ0v) is 23.1. The number of carbonyl (C=O) groups excluding carboxylic acids is 1. The number of benzene rings is 3. The zero-order valence-electron chi connectivity index (χ0n) is 21.6. The number of aromatic nitrogens is 2. The van der Waals surface area contributed by atoms with Gasteiger partial charge in [-0.1, -0.05) is 53.6 Å². The van der Waals surface area contributed by atoms with Crippen LogP contribution in [0.1, 0.15) is 38.4 Å². The first kappa shape index (κ1) is 26.2. The maximum Gasteiger partial charge on any atom is 0.258 e. The normalized spacial score (nSPS) is 13.8. The summed E-state index contributed by atoms with van der Waals surface area (Å²) >= 11 is 6.24. The van der Waals surface area contributed by atoms with Crippen molar-refractivity contribution in [2.45, 2.75) is 38.3 Å². The second kappa shape index (κ2) is 10.4. The summed E-state index contributed by atoms with van der Waals surface area (Å²) in [5.74, 6) is -0.148. The highest BCUT2D eigenvalue weighted by Gasteiger charge is 2.34. The van der Waals surface area contributed by atoms with Crippen LogP contribution in [0.4, 0.5) is 5.69 Å². The lowest BCUT2D eigenvalue weighted by molar-refractivity contribution is 0.0984. The van der Waals surface area contributed by atoms with Crippen molar-refractivity contribution in [1.82, 2.24) is 14.1 Å². The number of amides is 1. The molecule has 0 bridgehead atoms. The molecule has 5 rings (SSSR count). The minimum atomic E-state index is -3.78. The summed E-state index contributed by atoms with van der Waals surface area (Å²) in [6.07, 6.45) is 0.523. The first-order valence-corrected chi connectivity index (χ1v) is 14.2. The fourth-order valence-corrected chi connectivity index (χ4v) is 6.76. The molecule has 0 saturated heterocycles. The number of halogens is 1. The second-order valence-electron chi connectivity index (χ2n) is 9.54. The van der Waals surface area contributed by atoms with Crippen LogP contribution in [0.5, 0.6) is 0 Å². The van der Waals surface area contributed by atoms with E-state index >= 15 is 0 Å². The number of hydrogen-bond donors (Lipinski definition) is 0. The third-order valence-electron chi connectivity index (χ3n) is 7.05. The topological polar surface area (TPSA) is 75.5 Å². The predicted molar refractivity (Wildman–Crippen MR) is 149 cm³/mol. The maximum absolute atomic E-state index is 13.7. The van der Waals surface area contributed by atoms with Crippen LogP contribution in [-0.4, -0.2) is 35.0 Å². The van der Waals surface area contributed by atoms with Gasteiger partial charge in [0, 0.05) is 54.1 Å². The summed E-state index contributed by atoms with van der Waals surface area (Å²) in [7, 11) is -1.91. The average Bonchev–Trinajstić information content (AvgIpc) is 3.23. The van der Waals surface area contributed by atoms with Gasteiger partial charge >= 0.3 is 0 Å². The van der Waals surface area contributed by atoms with Gasteiger partial charge in [0.2, 0.25) is 10.0 Å². The van der Waals surface area contributed by atoms with Crippen LogP contribution in [0.25, 0.3) is 0 Å². The Labute approximate surface area is 228 Å². The van der Waals surface area contributed by atoms with Crippen molar-refractivity contribution < 1.29 is 13.2 Å². The molecule has 0 saturated carbocycles. The van der Waals surface area contributed by atoms with E-state index in [0.29, 0.717) is 34.8 Å². The van der Waals surface area contributed by atoms with Crippen LogP contribution in [0.15, 0.2) is 77.7 Å². The first-order valence-electron chi connectivity index (χ1n) is 12.4. The molecule has 0 radical (unpaired) electrons. The third kappa shape index (κ3) is 4.87. The Bertz CT molecular complexity index is 1600. The van der Waals surface area contributed by atoms with Gasteiger partial charge in [-0.3, -0.25) is 9.48 Å². The summed E-state index contributed by atoms with van der Waals surface area (Å²) in [6, 6.07) is 21.9. The molecule has 1 aromatic heterocycles. The number of sulfonamides is 1. The number of hydrogen-bond acceptors (Lipinski definition) is 4. The number of nitrogens with zero attached hydrogens (tertiary/aromatic N) is 4. The van der Waals surface area contributed by atoms with Crippen LogP contribution < -0.4 is 4.90 Å². The summed E-state index contributed by atoms with van der Waals surface area (Å²) in [5.41, 5.74) is 5.41. The Morgan fingerprint density at radius 3 is 2.42 bits per heavy atom. The van der Waals surface area contributed by atoms with Gasteiger partial charge in [0.05, 0.1) is 17.1 Å². The molecule has 1 amide bonds. The standard InChI is InChI=1S/C29H29ClN4O3S/c1-20-12-14-22(15-13-20)29(35)34(23-8-5-4-6-9-23)19-26-24-18-33(17-16-27(24)32(3)31-26)38(36,37)28-11-7-10-25(30)21(28)2/h4-15H,16-19H2,1-3H3. The maximum atomic E-state index is 13.7. The molecule has 9 heteroatoms. The fourth-order valence-electron chi connectivity index (χ4n) is 4.87. The molecule has 4 aromatic rings. The zero-order chi connectivity index (χ0) is 27.0. The van der Waals surface area contributed by atoms with Gasteiger partial charge in [0.25, 0.3) is 5.91 Å². The number of rotatable bonds is 6. The smallest absolute Gasteiger partial charge is 0.258 e. The van der Waals surface area contributed by atoms with Gasteiger partial charge in [0.15, 0.2) is 0 Å². The van der Waals surface area contributed by atoms with Crippen molar-refractivity contribution in [3.8, 4) is 0 Å². The Hall–Kier alpha value is -3.46. The molecule has 0 N–H and O–H groups in total.